The number of nitrogens with zero attached hydrogens (tertiary/aromatic N) is 1. The molecule has 0 rings (SSSR count). The van der Waals surface area contributed by atoms with Gasteiger partial charge in [0.25, 0.3) is 0 Å². The Morgan fingerprint density at radius 2 is 2.36 bits per heavy atom. The summed E-state index contributed by atoms with van der Waals surface area (Å²) in [6, 6.07) is 0. The summed E-state index contributed by atoms with van der Waals surface area (Å²) < 4.78 is 16.6. The number of rotatable bonds is 4. The quantitative estimate of drug-likeness (QED) is 0.485. The van der Waals surface area contributed by atoms with Crippen molar-refractivity contribution in [3.63, 3.8) is 0 Å². The Labute approximate surface area is 67.6 Å². The van der Waals surface area contributed by atoms with Crippen LogP contribution in [0.15, 0.2) is 17.6 Å². The Morgan fingerprint density at radius 3 is 2.64 bits per heavy atom. The summed E-state index contributed by atoms with van der Waals surface area (Å²) in [4.78, 5) is 3.81. The van der Waals surface area contributed by atoms with Crippen LogP contribution in [0.5, 0.6) is 0 Å². The summed E-state index contributed by atoms with van der Waals surface area (Å²) in [5.41, 5.74) is 0.444. The van der Waals surface area contributed by atoms with Crippen molar-refractivity contribution in [1.82, 2.24) is 0 Å². The molecule has 0 aromatic heterocycles. The van der Waals surface area contributed by atoms with E-state index in [-0.39, 0.29) is 0 Å². The molecule has 1 atom stereocenters. The Bertz CT molecular complexity index is 210. The normalized spacial score (nSPS) is 17.5. The smallest absolute Gasteiger partial charge is 0.246 e. The molecule has 3 nitrogen and oxygen atoms in total. The molecule has 0 saturated carbocycles. The van der Waals surface area contributed by atoms with Gasteiger partial charge in [0.2, 0.25) is 7.37 Å². The average molecular weight is 175 g/mol. The highest BCUT2D eigenvalue weighted by Crippen LogP contribution is 2.44. The van der Waals surface area contributed by atoms with Gasteiger partial charge in [-0.15, -0.1) is 0 Å². The third-order valence-electron chi connectivity index (χ3n) is 1.20. The molecule has 0 N–H and O–H groups in total. The second-order valence-electron chi connectivity index (χ2n) is 2.05. The van der Waals surface area contributed by atoms with Crippen molar-refractivity contribution in [2.24, 2.45) is 4.99 Å². The minimum Gasteiger partial charge on any atom is -0.325 e. The van der Waals surface area contributed by atoms with E-state index >= 15 is 0 Å². The van der Waals surface area contributed by atoms with E-state index in [4.69, 9.17) is 4.52 Å². The fraction of sp³-hybridized carbons (Fsp3) is 0.571. The van der Waals surface area contributed by atoms with E-state index in [1.54, 1.807) is 20.6 Å². The Hall–Kier alpha value is -0.400. The topological polar surface area (TPSA) is 38.7 Å². The van der Waals surface area contributed by atoms with Crippen LogP contribution in [0, 0.1) is 0 Å². The van der Waals surface area contributed by atoms with Crippen LogP contribution >= 0.6 is 7.37 Å². The van der Waals surface area contributed by atoms with E-state index in [0.717, 1.165) is 0 Å². The molecule has 0 aliphatic carbocycles. The predicted molar refractivity (Wildman–Crippen MR) is 48.7 cm³/mol. The first-order chi connectivity index (χ1) is 5.08. The predicted octanol–water partition coefficient (Wildman–Crippen LogP) is 2.15. The lowest BCUT2D eigenvalue weighted by atomic mass is 10.7. The van der Waals surface area contributed by atoms with E-state index < -0.39 is 7.37 Å². The zero-order chi connectivity index (χ0) is 8.91. The lowest BCUT2D eigenvalue weighted by molar-refractivity contribution is 0.347. The van der Waals surface area contributed by atoms with Crippen molar-refractivity contribution in [3.05, 3.63) is 12.7 Å². The first kappa shape index (κ1) is 10.6. The molecule has 1 unspecified atom stereocenters. The van der Waals surface area contributed by atoms with E-state index in [2.05, 4.69) is 11.6 Å². The molecule has 0 aromatic rings. The maximum Gasteiger partial charge on any atom is 0.246 e. The minimum atomic E-state index is -2.67. The fourth-order valence-electron chi connectivity index (χ4n) is 0.751. The summed E-state index contributed by atoms with van der Waals surface area (Å²) in [7, 11) is -1.10. The zero-order valence-electron chi connectivity index (χ0n) is 7.20. The van der Waals surface area contributed by atoms with Crippen molar-refractivity contribution in [1.29, 1.82) is 0 Å². The van der Waals surface area contributed by atoms with Crippen LogP contribution < -0.4 is 0 Å². The van der Waals surface area contributed by atoms with Gasteiger partial charge in [0, 0.05) is 13.7 Å². The summed E-state index contributed by atoms with van der Waals surface area (Å²) in [5, 5.41) is 0. The number of hydrogen-bond donors (Lipinski definition) is 0. The van der Waals surface area contributed by atoms with E-state index in [1.165, 1.54) is 6.08 Å². The maximum atomic E-state index is 11.6. The Kier molecular flexibility index (Phi) is 4.31. The van der Waals surface area contributed by atoms with Crippen molar-refractivity contribution in [2.45, 2.75) is 6.92 Å². The Morgan fingerprint density at radius 1 is 1.82 bits per heavy atom. The summed E-state index contributed by atoms with van der Waals surface area (Å²) in [5.74, 6) is 0. The van der Waals surface area contributed by atoms with Crippen LogP contribution in [-0.4, -0.2) is 25.8 Å². The molecule has 0 radical (unpaired) electrons. The highest BCUT2D eigenvalue weighted by atomic mass is 31.2. The van der Waals surface area contributed by atoms with Crippen molar-refractivity contribution in [2.75, 3.05) is 20.3 Å². The van der Waals surface area contributed by atoms with Crippen LogP contribution in [0.1, 0.15) is 6.92 Å². The van der Waals surface area contributed by atoms with Crippen molar-refractivity contribution >= 4 is 12.8 Å². The lowest BCUT2D eigenvalue weighted by Gasteiger charge is -2.11. The van der Waals surface area contributed by atoms with Crippen LogP contribution in [0.25, 0.3) is 0 Å². The molecule has 0 bridgehead atoms. The first-order valence-corrected chi connectivity index (χ1v) is 5.47. The molecule has 11 heavy (non-hydrogen) atoms. The van der Waals surface area contributed by atoms with Gasteiger partial charge in [-0.25, -0.2) is 0 Å². The van der Waals surface area contributed by atoms with E-state index in [0.29, 0.717) is 12.1 Å². The van der Waals surface area contributed by atoms with Crippen molar-refractivity contribution < 1.29 is 9.09 Å². The molecule has 0 aliphatic rings. The number of aliphatic imine (C=N–C) groups is 1. The standard InChI is InChI=1S/C7H14NO2P/c1-5-7(8-3)11(4,9)10-6-2/h5H,1,6H2,2-4H3/b8-7+. The largest absolute Gasteiger partial charge is 0.325 e. The monoisotopic (exact) mass is 175 g/mol. The number of allylic oxidation sites excluding steroid dienone is 1. The SMILES string of the molecule is C=C/C(=N\C)P(C)(=O)OCC. The van der Waals surface area contributed by atoms with E-state index in [9.17, 15) is 4.57 Å². The highest BCUT2D eigenvalue weighted by molar-refractivity contribution is 7.76. The van der Waals surface area contributed by atoms with Gasteiger partial charge in [-0.2, -0.15) is 0 Å². The molecule has 0 aromatic carbocycles. The van der Waals surface area contributed by atoms with Gasteiger partial charge in [-0.1, -0.05) is 6.58 Å². The van der Waals surface area contributed by atoms with Gasteiger partial charge >= 0.3 is 0 Å². The molecular formula is C7H14NO2P. The number of hydrogen-bond acceptors (Lipinski definition) is 3. The second-order valence-corrected chi connectivity index (χ2v) is 4.46. The van der Waals surface area contributed by atoms with Crippen LogP contribution in [0.3, 0.4) is 0 Å². The molecule has 0 saturated heterocycles. The molecular weight excluding hydrogens is 161 g/mol. The molecule has 64 valence electrons. The summed E-state index contributed by atoms with van der Waals surface area (Å²) >= 11 is 0. The fourth-order valence-corrected chi connectivity index (χ4v) is 2.07. The van der Waals surface area contributed by atoms with Gasteiger partial charge < -0.3 is 4.52 Å². The van der Waals surface area contributed by atoms with Crippen LogP contribution in [0.2, 0.25) is 0 Å². The van der Waals surface area contributed by atoms with Gasteiger partial charge in [0.1, 0.15) is 5.45 Å². The summed E-state index contributed by atoms with van der Waals surface area (Å²) in [6.07, 6.45) is 1.47. The summed E-state index contributed by atoms with van der Waals surface area (Å²) in [6.45, 7) is 7.27. The zero-order valence-corrected chi connectivity index (χ0v) is 8.10. The van der Waals surface area contributed by atoms with Crippen molar-refractivity contribution in [3.8, 4) is 0 Å². The second kappa shape index (κ2) is 4.47. The minimum absolute atomic E-state index is 0.431. The average Bonchev–Trinajstić information content (AvgIpc) is 1.89. The molecule has 0 heterocycles. The third-order valence-corrected chi connectivity index (χ3v) is 3.17. The first-order valence-electron chi connectivity index (χ1n) is 3.40. The van der Waals surface area contributed by atoms with Crippen LogP contribution in [-0.2, 0) is 9.09 Å². The molecule has 0 aliphatic heterocycles. The Balaban J connectivity index is 4.52. The van der Waals surface area contributed by atoms with Gasteiger partial charge in [-0.05, 0) is 13.0 Å². The van der Waals surface area contributed by atoms with E-state index in [1.807, 2.05) is 0 Å². The van der Waals surface area contributed by atoms with Gasteiger partial charge in [0.15, 0.2) is 0 Å². The molecule has 4 heteroatoms. The van der Waals surface area contributed by atoms with Gasteiger partial charge in [0.05, 0.1) is 6.61 Å². The third kappa shape index (κ3) is 3.00. The highest BCUT2D eigenvalue weighted by Gasteiger charge is 2.19. The molecule has 0 amide bonds. The van der Waals surface area contributed by atoms with Crippen LogP contribution in [0.4, 0.5) is 0 Å². The lowest BCUT2D eigenvalue weighted by Crippen LogP contribution is -1.98. The molecule has 0 spiro atoms. The van der Waals surface area contributed by atoms with Gasteiger partial charge in [-0.3, -0.25) is 9.56 Å². The molecule has 0 fully saturated rings. The maximum absolute atomic E-state index is 11.6.